The summed E-state index contributed by atoms with van der Waals surface area (Å²) in [5, 5.41) is 12.0. The van der Waals surface area contributed by atoms with Gasteiger partial charge < -0.3 is 24.6 Å². The molecule has 7 heteroatoms. The molecule has 1 atom stereocenters. The summed E-state index contributed by atoms with van der Waals surface area (Å²) in [4.78, 5) is 23.8. The number of carbonyl (C=O) groups excluding carboxylic acids is 1. The third-order valence-corrected chi connectivity index (χ3v) is 4.28. The summed E-state index contributed by atoms with van der Waals surface area (Å²) >= 11 is 0. The summed E-state index contributed by atoms with van der Waals surface area (Å²) in [6.07, 6.45) is 0.767. The van der Waals surface area contributed by atoms with E-state index in [1.807, 2.05) is 30.3 Å². The van der Waals surface area contributed by atoms with Crippen LogP contribution in [0.1, 0.15) is 17.5 Å². The lowest BCUT2D eigenvalue weighted by Gasteiger charge is -2.16. The Labute approximate surface area is 164 Å². The van der Waals surface area contributed by atoms with Gasteiger partial charge in [0.25, 0.3) is 0 Å². The van der Waals surface area contributed by atoms with Crippen molar-refractivity contribution in [1.29, 1.82) is 0 Å². The van der Waals surface area contributed by atoms with E-state index >= 15 is 0 Å². The molecule has 0 spiro atoms. The lowest BCUT2D eigenvalue weighted by Crippen LogP contribution is -2.42. The summed E-state index contributed by atoms with van der Waals surface area (Å²) in [5.74, 6) is 0.0866. The number of ether oxygens (including phenoxy) is 3. The van der Waals surface area contributed by atoms with Crippen molar-refractivity contribution in [3.05, 3.63) is 53.6 Å². The highest BCUT2D eigenvalue weighted by molar-refractivity contribution is 5.83. The zero-order chi connectivity index (χ0) is 20.5. The molecule has 1 amide bonds. The zero-order valence-electron chi connectivity index (χ0n) is 16.2. The highest BCUT2D eigenvalue weighted by Gasteiger charge is 2.20. The van der Waals surface area contributed by atoms with E-state index in [4.69, 9.17) is 14.2 Å². The predicted octanol–water partition coefficient (Wildman–Crippen LogP) is 2.46. The van der Waals surface area contributed by atoms with Gasteiger partial charge in [0.05, 0.1) is 21.3 Å². The number of amides is 1. The SMILES string of the molecule is COc1cc(CCC(=O)N[C@H](Cc2ccccc2)C(=O)O)cc(OC)c1OC. The molecular formula is C21H25NO6. The second-order valence-corrected chi connectivity index (χ2v) is 6.18. The molecule has 0 bridgehead atoms. The predicted molar refractivity (Wildman–Crippen MR) is 104 cm³/mol. The lowest BCUT2D eigenvalue weighted by atomic mass is 10.0. The molecule has 28 heavy (non-hydrogen) atoms. The minimum absolute atomic E-state index is 0.136. The fourth-order valence-electron chi connectivity index (χ4n) is 2.85. The molecule has 2 aromatic rings. The molecular weight excluding hydrogens is 362 g/mol. The van der Waals surface area contributed by atoms with Gasteiger partial charge in [-0.3, -0.25) is 4.79 Å². The van der Waals surface area contributed by atoms with Gasteiger partial charge in [0, 0.05) is 12.8 Å². The molecule has 0 fully saturated rings. The van der Waals surface area contributed by atoms with Crippen LogP contribution in [0.25, 0.3) is 0 Å². The van der Waals surface area contributed by atoms with Crippen LogP contribution in [0.15, 0.2) is 42.5 Å². The number of rotatable bonds is 10. The monoisotopic (exact) mass is 387 g/mol. The molecule has 0 saturated heterocycles. The number of carbonyl (C=O) groups is 2. The van der Waals surface area contributed by atoms with Gasteiger partial charge in [-0.2, -0.15) is 0 Å². The Kier molecular flexibility index (Phi) is 7.68. The van der Waals surface area contributed by atoms with Crippen molar-refractivity contribution in [2.45, 2.75) is 25.3 Å². The maximum Gasteiger partial charge on any atom is 0.326 e. The molecule has 7 nitrogen and oxygen atoms in total. The van der Waals surface area contributed by atoms with Crippen LogP contribution in [-0.2, 0) is 22.4 Å². The van der Waals surface area contributed by atoms with E-state index in [9.17, 15) is 14.7 Å². The first-order valence-electron chi connectivity index (χ1n) is 8.83. The third kappa shape index (κ3) is 5.64. The zero-order valence-corrected chi connectivity index (χ0v) is 16.2. The quantitative estimate of drug-likeness (QED) is 0.650. The van der Waals surface area contributed by atoms with E-state index in [0.29, 0.717) is 23.7 Å². The smallest absolute Gasteiger partial charge is 0.326 e. The largest absolute Gasteiger partial charge is 0.493 e. The first-order valence-corrected chi connectivity index (χ1v) is 8.83. The van der Waals surface area contributed by atoms with Gasteiger partial charge in [-0.1, -0.05) is 30.3 Å². The Morgan fingerprint density at radius 3 is 2.07 bits per heavy atom. The number of aryl methyl sites for hydroxylation is 1. The fourth-order valence-corrected chi connectivity index (χ4v) is 2.85. The minimum Gasteiger partial charge on any atom is -0.493 e. The Morgan fingerprint density at radius 2 is 1.57 bits per heavy atom. The minimum atomic E-state index is -1.06. The number of benzene rings is 2. The molecule has 0 aliphatic heterocycles. The second-order valence-electron chi connectivity index (χ2n) is 6.18. The average Bonchev–Trinajstić information content (AvgIpc) is 2.71. The summed E-state index contributed by atoms with van der Waals surface area (Å²) in [6, 6.07) is 11.8. The first kappa shape index (κ1) is 21.1. The molecule has 2 N–H and O–H groups in total. The summed E-state index contributed by atoms with van der Waals surface area (Å²) in [5.41, 5.74) is 1.67. The van der Waals surface area contributed by atoms with Gasteiger partial charge in [-0.15, -0.1) is 0 Å². The number of methoxy groups -OCH3 is 3. The van der Waals surface area contributed by atoms with Crippen LogP contribution in [-0.4, -0.2) is 44.4 Å². The van der Waals surface area contributed by atoms with Crippen molar-refractivity contribution in [2.75, 3.05) is 21.3 Å². The second kappa shape index (κ2) is 10.2. The third-order valence-electron chi connectivity index (χ3n) is 4.28. The molecule has 0 saturated carbocycles. The van der Waals surface area contributed by atoms with Gasteiger partial charge in [0.15, 0.2) is 11.5 Å². The Bertz CT molecular complexity index is 781. The van der Waals surface area contributed by atoms with Gasteiger partial charge >= 0.3 is 5.97 Å². The van der Waals surface area contributed by atoms with Crippen LogP contribution in [0.2, 0.25) is 0 Å². The normalized spacial score (nSPS) is 11.4. The molecule has 0 radical (unpaired) electrons. The van der Waals surface area contributed by atoms with E-state index in [1.54, 1.807) is 12.1 Å². The van der Waals surface area contributed by atoms with E-state index in [-0.39, 0.29) is 18.7 Å². The summed E-state index contributed by atoms with van der Waals surface area (Å²) in [7, 11) is 4.57. The lowest BCUT2D eigenvalue weighted by molar-refractivity contribution is -0.141. The van der Waals surface area contributed by atoms with Crippen LogP contribution >= 0.6 is 0 Å². The first-order chi connectivity index (χ1) is 13.5. The van der Waals surface area contributed by atoms with Crippen molar-refractivity contribution in [3.63, 3.8) is 0 Å². The highest BCUT2D eigenvalue weighted by atomic mass is 16.5. The van der Waals surface area contributed by atoms with Crippen molar-refractivity contribution in [2.24, 2.45) is 0 Å². The molecule has 0 heterocycles. The molecule has 0 aliphatic carbocycles. The molecule has 2 aromatic carbocycles. The van der Waals surface area contributed by atoms with E-state index in [2.05, 4.69) is 5.32 Å². The number of carboxylic acid groups (broad SMARTS) is 1. The van der Waals surface area contributed by atoms with Gasteiger partial charge in [-0.25, -0.2) is 4.79 Å². The number of aliphatic carboxylic acids is 1. The number of hydrogen-bond acceptors (Lipinski definition) is 5. The Hall–Kier alpha value is -3.22. The number of carboxylic acids is 1. The Balaban J connectivity index is 2.01. The maximum absolute atomic E-state index is 12.3. The Morgan fingerprint density at radius 1 is 0.964 bits per heavy atom. The fraction of sp³-hybridized carbons (Fsp3) is 0.333. The van der Waals surface area contributed by atoms with E-state index < -0.39 is 12.0 Å². The van der Waals surface area contributed by atoms with Gasteiger partial charge in [-0.05, 0) is 29.7 Å². The van der Waals surface area contributed by atoms with Crippen LogP contribution in [0.5, 0.6) is 17.2 Å². The molecule has 0 unspecified atom stereocenters. The summed E-state index contributed by atoms with van der Waals surface area (Å²) < 4.78 is 15.9. The molecule has 150 valence electrons. The van der Waals surface area contributed by atoms with E-state index in [0.717, 1.165) is 11.1 Å². The molecule has 2 rings (SSSR count). The van der Waals surface area contributed by atoms with Crippen molar-refractivity contribution < 1.29 is 28.9 Å². The van der Waals surface area contributed by atoms with Crippen LogP contribution in [0.3, 0.4) is 0 Å². The van der Waals surface area contributed by atoms with Crippen LogP contribution < -0.4 is 19.5 Å². The van der Waals surface area contributed by atoms with Gasteiger partial charge in [0.1, 0.15) is 6.04 Å². The van der Waals surface area contributed by atoms with Crippen LogP contribution in [0.4, 0.5) is 0 Å². The highest BCUT2D eigenvalue weighted by Crippen LogP contribution is 2.38. The average molecular weight is 387 g/mol. The standard InChI is InChI=1S/C21H25NO6/c1-26-17-12-15(13-18(27-2)20(17)28-3)9-10-19(23)22-16(21(24)25)11-14-7-5-4-6-8-14/h4-8,12-13,16H,9-11H2,1-3H3,(H,22,23)(H,24,25)/t16-/m1/s1. The van der Waals surface area contributed by atoms with Crippen molar-refractivity contribution >= 4 is 11.9 Å². The van der Waals surface area contributed by atoms with Crippen molar-refractivity contribution in [3.8, 4) is 17.2 Å². The van der Waals surface area contributed by atoms with Gasteiger partial charge in [0.2, 0.25) is 11.7 Å². The van der Waals surface area contributed by atoms with Crippen molar-refractivity contribution in [1.82, 2.24) is 5.32 Å². The summed E-state index contributed by atoms with van der Waals surface area (Å²) in [6.45, 7) is 0. The topological polar surface area (TPSA) is 94.1 Å². The van der Waals surface area contributed by atoms with Crippen LogP contribution in [0, 0.1) is 0 Å². The number of hydrogen-bond donors (Lipinski definition) is 2. The number of nitrogens with one attached hydrogen (secondary N) is 1. The molecule has 0 aromatic heterocycles. The maximum atomic E-state index is 12.3. The van der Waals surface area contributed by atoms with E-state index in [1.165, 1.54) is 21.3 Å². The molecule has 0 aliphatic rings.